The molecule has 0 radical (unpaired) electrons. The summed E-state index contributed by atoms with van der Waals surface area (Å²) in [5.74, 6) is -1.39. The molecule has 0 heterocycles. The van der Waals surface area contributed by atoms with Crippen molar-refractivity contribution in [3.63, 3.8) is 0 Å². The molecule has 6 heteroatoms. The topological polar surface area (TPSA) is 110 Å². The Bertz CT molecular complexity index is 402. The first-order chi connectivity index (χ1) is 9.69. The average Bonchev–Trinajstić information content (AvgIpc) is 2.48. The van der Waals surface area contributed by atoms with Crippen molar-refractivity contribution in [2.75, 3.05) is 26.2 Å². The Kier molecular flexibility index (Phi) is 7.31. The van der Waals surface area contributed by atoms with Gasteiger partial charge in [0.1, 0.15) is 5.92 Å². The average molecular weight is 278 g/mol. The number of hydrogen-bond acceptors (Lipinski definition) is 4. The highest BCUT2D eigenvalue weighted by atomic mass is 16.2. The van der Waals surface area contributed by atoms with Gasteiger partial charge in [-0.05, 0) is 12.0 Å². The Morgan fingerprint density at radius 2 is 1.45 bits per heavy atom. The quantitative estimate of drug-likeness (QED) is 0.457. The zero-order valence-electron chi connectivity index (χ0n) is 11.5. The lowest BCUT2D eigenvalue weighted by atomic mass is 9.97. The maximum absolute atomic E-state index is 12.1. The number of hydrogen-bond donors (Lipinski definition) is 4. The van der Waals surface area contributed by atoms with Crippen molar-refractivity contribution in [1.29, 1.82) is 0 Å². The predicted molar refractivity (Wildman–Crippen MR) is 77.8 cm³/mol. The molecule has 0 atom stereocenters. The van der Waals surface area contributed by atoms with E-state index in [1.165, 1.54) is 0 Å². The molecule has 0 aromatic heterocycles. The van der Waals surface area contributed by atoms with E-state index >= 15 is 0 Å². The molecule has 0 aliphatic carbocycles. The number of benzene rings is 1. The van der Waals surface area contributed by atoms with Gasteiger partial charge in [0, 0.05) is 26.2 Å². The largest absolute Gasteiger partial charge is 0.354 e. The van der Waals surface area contributed by atoms with E-state index in [4.69, 9.17) is 11.5 Å². The summed E-state index contributed by atoms with van der Waals surface area (Å²) in [5, 5.41) is 5.31. The second-order valence-corrected chi connectivity index (χ2v) is 4.40. The molecule has 6 nitrogen and oxygen atoms in total. The van der Waals surface area contributed by atoms with Crippen molar-refractivity contribution in [1.82, 2.24) is 10.6 Å². The van der Waals surface area contributed by atoms with Crippen LogP contribution in [-0.2, 0) is 16.0 Å². The van der Waals surface area contributed by atoms with Crippen LogP contribution in [0.15, 0.2) is 30.3 Å². The van der Waals surface area contributed by atoms with Crippen molar-refractivity contribution >= 4 is 11.8 Å². The van der Waals surface area contributed by atoms with Crippen LogP contribution in [0.2, 0.25) is 0 Å². The molecule has 1 aromatic carbocycles. The summed E-state index contributed by atoms with van der Waals surface area (Å²) in [5.41, 5.74) is 11.6. The summed E-state index contributed by atoms with van der Waals surface area (Å²) >= 11 is 0. The second kappa shape index (κ2) is 9.06. The van der Waals surface area contributed by atoms with Gasteiger partial charge >= 0.3 is 0 Å². The van der Waals surface area contributed by atoms with Gasteiger partial charge < -0.3 is 22.1 Å². The molecule has 0 bridgehead atoms. The van der Waals surface area contributed by atoms with Gasteiger partial charge in [-0.1, -0.05) is 30.3 Å². The molecule has 20 heavy (non-hydrogen) atoms. The number of nitrogens with one attached hydrogen (secondary N) is 2. The zero-order chi connectivity index (χ0) is 14.8. The summed E-state index contributed by atoms with van der Waals surface area (Å²) in [4.78, 5) is 24.1. The molecule has 0 fully saturated rings. The lowest BCUT2D eigenvalue weighted by Gasteiger charge is -2.16. The van der Waals surface area contributed by atoms with Crippen LogP contribution < -0.4 is 22.1 Å². The fraction of sp³-hybridized carbons (Fsp3) is 0.429. The minimum absolute atomic E-state index is 0.311. The third kappa shape index (κ3) is 5.38. The van der Waals surface area contributed by atoms with E-state index in [0.717, 1.165) is 5.56 Å². The Morgan fingerprint density at radius 3 is 1.90 bits per heavy atom. The third-order valence-electron chi connectivity index (χ3n) is 2.80. The van der Waals surface area contributed by atoms with E-state index in [2.05, 4.69) is 10.6 Å². The lowest BCUT2D eigenvalue weighted by molar-refractivity contribution is -0.135. The minimum Gasteiger partial charge on any atom is -0.354 e. The van der Waals surface area contributed by atoms with E-state index in [1.807, 2.05) is 30.3 Å². The monoisotopic (exact) mass is 278 g/mol. The molecule has 6 N–H and O–H groups in total. The summed E-state index contributed by atoms with van der Waals surface area (Å²) < 4.78 is 0. The maximum Gasteiger partial charge on any atom is 0.232 e. The highest BCUT2D eigenvalue weighted by Crippen LogP contribution is 2.09. The number of rotatable bonds is 8. The van der Waals surface area contributed by atoms with Gasteiger partial charge in [0.25, 0.3) is 0 Å². The first-order valence-corrected chi connectivity index (χ1v) is 6.68. The summed E-state index contributed by atoms with van der Waals surface area (Å²) in [6.07, 6.45) is 0.355. The first kappa shape index (κ1) is 16.1. The van der Waals surface area contributed by atoms with Crippen molar-refractivity contribution in [2.45, 2.75) is 6.42 Å². The SMILES string of the molecule is NCCNC(=O)C(Cc1ccccc1)C(=O)NCCN. The number of carbonyl (C=O) groups is 2. The normalized spacial score (nSPS) is 10.3. The van der Waals surface area contributed by atoms with Crippen molar-refractivity contribution in [2.24, 2.45) is 17.4 Å². The van der Waals surface area contributed by atoms with Crippen molar-refractivity contribution < 1.29 is 9.59 Å². The fourth-order valence-corrected chi connectivity index (χ4v) is 1.79. The number of carbonyl (C=O) groups excluding carboxylic acids is 2. The van der Waals surface area contributed by atoms with Gasteiger partial charge in [0.2, 0.25) is 11.8 Å². The number of nitrogens with two attached hydrogens (primary N) is 2. The van der Waals surface area contributed by atoms with Crippen LogP contribution in [0.3, 0.4) is 0 Å². The Balaban J connectivity index is 2.72. The number of amides is 2. The Labute approximate surface area is 118 Å². The zero-order valence-corrected chi connectivity index (χ0v) is 11.5. The summed E-state index contributed by atoms with van der Waals surface area (Å²) in [6, 6.07) is 9.42. The van der Waals surface area contributed by atoms with Gasteiger partial charge in [-0.2, -0.15) is 0 Å². The third-order valence-corrected chi connectivity index (χ3v) is 2.80. The molecule has 0 saturated heterocycles. The molecule has 0 saturated carbocycles. The molecular formula is C14H22N4O2. The van der Waals surface area contributed by atoms with Gasteiger partial charge in [0.05, 0.1) is 0 Å². The highest BCUT2D eigenvalue weighted by molar-refractivity contribution is 6.00. The van der Waals surface area contributed by atoms with Crippen LogP contribution in [0.25, 0.3) is 0 Å². The van der Waals surface area contributed by atoms with Crippen LogP contribution in [-0.4, -0.2) is 38.0 Å². The predicted octanol–water partition coefficient (Wildman–Crippen LogP) is -1.00. The second-order valence-electron chi connectivity index (χ2n) is 4.40. The molecule has 0 aliphatic heterocycles. The first-order valence-electron chi connectivity index (χ1n) is 6.68. The van der Waals surface area contributed by atoms with Crippen molar-refractivity contribution in [3.8, 4) is 0 Å². The van der Waals surface area contributed by atoms with Gasteiger partial charge in [-0.25, -0.2) is 0 Å². The van der Waals surface area contributed by atoms with Gasteiger partial charge in [-0.3, -0.25) is 9.59 Å². The van der Waals surface area contributed by atoms with E-state index in [-0.39, 0.29) is 11.8 Å². The molecule has 1 aromatic rings. The summed E-state index contributed by atoms with van der Waals surface area (Å²) in [6.45, 7) is 1.39. The molecule has 1 rings (SSSR count). The van der Waals surface area contributed by atoms with E-state index in [1.54, 1.807) is 0 Å². The van der Waals surface area contributed by atoms with E-state index in [0.29, 0.717) is 32.6 Å². The van der Waals surface area contributed by atoms with E-state index < -0.39 is 5.92 Å². The fourth-order valence-electron chi connectivity index (χ4n) is 1.79. The van der Waals surface area contributed by atoms with Crippen LogP contribution in [0, 0.1) is 5.92 Å². The van der Waals surface area contributed by atoms with Crippen LogP contribution >= 0.6 is 0 Å². The standard InChI is InChI=1S/C14H22N4O2/c15-6-8-17-13(19)12(14(20)18-9-7-16)10-11-4-2-1-3-5-11/h1-5,12H,6-10,15-16H2,(H,17,19)(H,18,20). The molecule has 0 spiro atoms. The Hall–Kier alpha value is -1.92. The molecule has 110 valence electrons. The van der Waals surface area contributed by atoms with E-state index in [9.17, 15) is 9.59 Å². The van der Waals surface area contributed by atoms with Crippen LogP contribution in [0.1, 0.15) is 5.56 Å². The minimum atomic E-state index is -0.768. The lowest BCUT2D eigenvalue weighted by Crippen LogP contribution is -2.44. The van der Waals surface area contributed by atoms with Crippen LogP contribution in [0.4, 0.5) is 0 Å². The van der Waals surface area contributed by atoms with Gasteiger partial charge in [0.15, 0.2) is 0 Å². The maximum atomic E-state index is 12.1. The van der Waals surface area contributed by atoms with Gasteiger partial charge in [-0.15, -0.1) is 0 Å². The molecule has 0 aliphatic rings. The molecule has 0 unspecified atom stereocenters. The summed E-state index contributed by atoms with van der Waals surface area (Å²) in [7, 11) is 0. The molecular weight excluding hydrogens is 256 g/mol. The van der Waals surface area contributed by atoms with Crippen molar-refractivity contribution in [3.05, 3.63) is 35.9 Å². The van der Waals surface area contributed by atoms with Crippen LogP contribution in [0.5, 0.6) is 0 Å². The molecule has 2 amide bonds. The highest BCUT2D eigenvalue weighted by Gasteiger charge is 2.26. The Morgan fingerprint density at radius 1 is 0.950 bits per heavy atom. The smallest absolute Gasteiger partial charge is 0.232 e.